The molecule has 0 spiro atoms. The molecule has 0 unspecified atom stereocenters. The van der Waals surface area contributed by atoms with Crippen molar-refractivity contribution in [3.63, 3.8) is 0 Å². The van der Waals surface area contributed by atoms with Crippen LogP contribution in [0, 0.1) is 0 Å². The molecule has 0 radical (unpaired) electrons. The highest BCUT2D eigenvalue weighted by Crippen LogP contribution is 2.12. The molecule has 1 aliphatic heterocycles. The Morgan fingerprint density at radius 1 is 1.00 bits per heavy atom. The van der Waals surface area contributed by atoms with Gasteiger partial charge in [0.05, 0.1) is 12.0 Å². The summed E-state index contributed by atoms with van der Waals surface area (Å²) in [4.78, 5) is 18.8. The number of aliphatic imine (C=N–C) groups is 1. The van der Waals surface area contributed by atoms with E-state index in [1.54, 1.807) is 16.8 Å². The molecule has 4 nitrogen and oxygen atoms in total. The number of para-hydroxylation sites is 1. The summed E-state index contributed by atoms with van der Waals surface area (Å²) in [7, 11) is 0. The minimum Gasteiger partial charge on any atom is -0.363 e. The zero-order valence-corrected chi connectivity index (χ0v) is 12.0. The average Bonchev–Trinajstić information content (AvgIpc) is 2.55. The molecule has 1 saturated heterocycles. The molecular weight excluding hydrogens is 262 g/mol. The van der Waals surface area contributed by atoms with E-state index in [0.717, 1.165) is 18.8 Å². The summed E-state index contributed by atoms with van der Waals surface area (Å²) in [5.74, 6) is 0. The van der Waals surface area contributed by atoms with Crippen LogP contribution in [0.4, 0.5) is 5.69 Å². The van der Waals surface area contributed by atoms with Crippen LogP contribution in [0.15, 0.2) is 58.4 Å². The summed E-state index contributed by atoms with van der Waals surface area (Å²) in [6.07, 6.45) is 7.39. The van der Waals surface area contributed by atoms with Gasteiger partial charge in [0.2, 0.25) is 0 Å². The summed E-state index contributed by atoms with van der Waals surface area (Å²) in [5.41, 5.74) is 1.52. The number of benzene rings is 1. The minimum atomic E-state index is -0.0607. The van der Waals surface area contributed by atoms with Gasteiger partial charge in [0.25, 0.3) is 5.56 Å². The van der Waals surface area contributed by atoms with Crippen LogP contribution < -0.4 is 5.56 Å². The van der Waals surface area contributed by atoms with Crippen molar-refractivity contribution in [3.05, 3.63) is 59.0 Å². The van der Waals surface area contributed by atoms with Crippen LogP contribution in [0.2, 0.25) is 0 Å². The Bertz CT molecular complexity index is 670. The van der Waals surface area contributed by atoms with Gasteiger partial charge in [0.15, 0.2) is 0 Å². The van der Waals surface area contributed by atoms with Gasteiger partial charge in [-0.1, -0.05) is 18.2 Å². The maximum Gasteiger partial charge on any atom is 0.257 e. The van der Waals surface area contributed by atoms with Gasteiger partial charge in [-0.3, -0.25) is 9.36 Å². The van der Waals surface area contributed by atoms with Gasteiger partial charge < -0.3 is 4.90 Å². The number of aromatic nitrogens is 1. The Morgan fingerprint density at radius 2 is 1.76 bits per heavy atom. The lowest BCUT2D eigenvalue weighted by molar-refractivity contribution is 0.351. The number of hydrogen-bond donors (Lipinski definition) is 0. The monoisotopic (exact) mass is 281 g/mol. The van der Waals surface area contributed by atoms with Crippen molar-refractivity contribution in [2.24, 2.45) is 4.99 Å². The summed E-state index contributed by atoms with van der Waals surface area (Å²) in [5, 5.41) is 0. The van der Waals surface area contributed by atoms with Gasteiger partial charge in [-0.15, -0.1) is 0 Å². The lowest BCUT2D eigenvalue weighted by atomic mass is 10.1. The third-order valence-electron chi connectivity index (χ3n) is 3.70. The van der Waals surface area contributed by atoms with Crippen LogP contribution in [0.25, 0.3) is 5.69 Å². The maximum absolute atomic E-state index is 12.2. The lowest BCUT2D eigenvalue weighted by Crippen LogP contribution is -2.28. The van der Waals surface area contributed by atoms with Crippen LogP contribution in [0.5, 0.6) is 0 Å². The van der Waals surface area contributed by atoms with Crippen molar-refractivity contribution >= 4 is 12.0 Å². The van der Waals surface area contributed by atoms with Gasteiger partial charge in [0.1, 0.15) is 0 Å². The quantitative estimate of drug-likeness (QED) is 0.640. The number of likely N-dealkylation sites (tertiary alicyclic amines) is 1. The molecule has 3 rings (SSSR count). The summed E-state index contributed by atoms with van der Waals surface area (Å²) in [6, 6.07) is 13.1. The highest BCUT2D eigenvalue weighted by molar-refractivity contribution is 5.61. The molecule has 1 aromatic carbocycles. The van der Waals surface area contributed by atoms with E-state index in [0.29, 0.717) is 5.69 Å². The SMILES string of the molecule is O=c1cc(N=CN2CCCCC2)ccn1-c1ccccc1. The second kappa shape index (κ2) is 6.39. The Morgan fingerprint density at radius 3 is 2.48 bits per heavy atom. The lowest BCUT2D eigenvalue weighted by Gasteiger charge is -2.23. The third-order valence-corrected chi connectivity index (χ3v) is 3.70. The fourth-order valence-corrected chi connectivity index (χ4v) is 2.53. The first kappa shape index (κ1) is 13.6. The molecule has 1 aliphatic rings. The van der Waals surface area contributed by atoms with Crippen molar-refractivity contribution in [2.75, 3.05) is 13.1 Å². The number of hydrogen-bond acceptors (Lipinski definition) is 2. The largest absolute Gasteiger partial charge is 0.363 e. The highest BCUT2D eigenvalue weighted by Gasteiger charge is 2.06. The molecule has 108 valence electrons. The van der Waals surface area contributed by atoms with Gasteiger partial charge in [-0.25, -0.2) is 4.99 Å². The van der Waals surface area contributed by atoms with E-state index < -0.39 is 0 Å². The molecule has 2 heterocycles. The predicted octanol–water partition coefficient (Wildman–Crippen LogP) is 2.98. The average molecular weight is 281 g/mol. The van der Waals surface area contributed by atoms with Crippen LogP contribution in [-0.4, -0.2) is 28.9 Å². The van der Waals surface area contributed by atoms with Crippen LogP contribution >= 0.6 is 0 Å². The van der Waals surface area contributed by atoms with Crippen LogP contribution in [0.3, 0.4) is 0 Å². The van der Waals surface area contributed by atoms with E-state index in [2.05, 4.69) is 9.89 Å². The van der Waals surface area contributed by atoms with Gasteiger partial charge in [-0.2, -0.15) is 0 Å². The highest BCUT2D eigenvalue weighted by atomic mass is 16.1. The van der Waals surface area contributed by atoms with Gasteiger partial charge in [-0.05, 0) is 37.5 Å². The van der Waals surface area contributed by atoms with E-state index >= 15 is 0 Å². The van der Waals surface area contributed by atoms with Crippen molar-refractivity contribution in [3.8, 4) is 5.69 Å². The molecule has 0 aliphatic carbocycles. The minimum absolute atomic E-state index is 0.0607. The maximum atomic E-state index is 12.2. The molecule has 0 bridgehead atoms. The van der Waals surface area contributed by atoms with Crippen molar-refractivity contribution in [2.45, 2.75) is 19.3 Å². The number of rotatable bonds is 3. The molecule has 4 heteroatoms. The molecule has 2 aromatic rings. The van der Waals surface area contributed by atoms with Crippen molar-refractivity contribution in [1.29, 1.82) is 0 Å². The Balaban J connectivity index is 1.78. The smallest absolute Gasteiger partial charge is 0.257 e. The fraction of sp³-hybridized carbons (Fsp3) is 0.294. The Labute approximate surface area is 124 Å². The number of nitrogens with zero attached hydrogens (tertiary/aromatic N) is 3. The van der Waals surface area contributed by atoms with Gasteiger partial charge >= 0.3 is 0 Å². The molecule has 1 fully saturated rings. The van der Waals surface area contributed by atoms with Crippen molar-refractivity contribution < 1.29 is 0 Å². The first-order valence-electron chi connectivity index (χ1n) is 7.39. The molecule has 21 heavy (non-hydrogen) atoms. The van der Waals surface area contributed by atoms with E-state index in [9.17, 15) is 4.79 Å². The second-order valence-corrected chi connectivity index (χ2v) is 5.27. The van der Waals surface area contributed by atoms with Crippen molar-refractivity contribution in [1.82, 2.24) is 9.47 Å². The standard InChI is InChI=1S/C17H19N3O/c21-17-13-15(18-14-19-10-5-2-6-11-19)9-12-20(17)16-7-3-1-4-8-16/h1,3-4,7-9,12-14H,2,5-6,10-11H2. The summed E-state index contributed by atoms with van der Waals surface area (Å²) in [6.45, 7) is 2.12. The van der Waals surface area contributed by atoms with Crippen LogP contribution in [-0.2, 0) is 0 Å². The van der Waals surface area contributed by atoms with Gasteiger partial charge in [0, 0.05) is 31.0 Å². The summed E-state index contributed by atoms with van der Waals surface area (Å²) < 4.78 is 1.62. The third kappa shape index (κ3) is 3.40. The normalized spacial score (nSPS) is 15.5. The molecule has 0 N–H and O–H groups in total. The molecule has 0 amide bonds. The number of piperidine rings is 1. The van der Waals surface area contributed by atoms with E-state index in [4.69, 9.17) is 0 Å². The van der Waals surface area contributed by atoms with E-state index in [1.807, 2.05) is 42.7 Å². The first-order chi connectivity index (χ1) is 10.3. The Kier molecular flexibility index (Phi) is 4.15. The van der Waals surface area contributed by atoms with E-state index in [-0.39, 0.29) is 5.56 Å². The predicted molar refractivity (Wildman–Crippen MR) is 85.6 cm³/mol. The van der Waals surface area contributed by atoms with Crippen LogP contribution in [0.1, 0.15) is 19.3 Å². The summed E-state index contributed by atoms with van der Waals surface area (Å²) >= 11 is 0. The zero-order chi connectivity index (χ0) is 14.5. The molecule has 1 aromatic heterocycles. The molecule has 0 atom stereocenters. The molecule has 0 saturated carbocycles. The first-order valence-corrected chi connectivity index (χ1v) is 7.39. The van der Waals surface area contributed by atoms with E-state index in [1.165, 1.54) is 19.3 Å². The Hall–Kier alpha value is -2.36. The zero-order valence-electron chi connectivity index (χ0n) is 12.0. The fourth-order valence-electron chi connectivity index (χ4n) is 2.53. The second-order valence-electron chi connectivity index (χ2n) is 5.27. The molecular formula is C17H19N3O. The number of pyridine rings is 1. The topological polar surface area (TPSA) is 37.6 Å².